The molecule has 6 atom stereocenters. The Morgan fingerprint density at radius 1 is 0.741 bits per heavy atom. The van der Waals surface area contributed by atoms with Gasteiger partial charge in [0.25, 0.3) is 0 Å². The lowest BCUT2D eigenvalue weighted by molar-refractivity contribution is -0.187. The summed E-state index contributed by atoms with van der Waals surface area (Å²) in [5.74, 6) is -3.84. The molecule has 3 fully saturated rings. The summed E-state index contributed by atoms with van der Waals surface area (Å²) in [6.45, 7) is 16.8. The zero-order valence-corrected chi connectivity index (χ0v) is 35.8. The van der Waals surface area contributed by atoms with Crippen molar-refractivity contribution in [1.29, 1.82) is 0 Å². The molecule has 1 amide bonds. The first-order chi connectivity index (χ1) is 27.0. The number of amides is 1. The van der Waals surface area contributed by atoms with Crippen molar-refractivity contribution < 1.29 is 47.7 Å². The van der Waals surface area contributed by atoms with Gasteiger partial charge in [0.2, 0.25) is 0 Å². The highest BCUT2D eigenvalue weighted by Crippen LogP contribution is 2.46. The Bertz CT molecular complexity index is 1720. The van der Waals surface area contributed by atoms with Crippen LogP contribution in [0.4, 0.5) is 4.79 Å². The fraction of sp³-hybridized carbons (Fsp3) is 0.614. The molecule has 3 aliphatic heterocycles. The number of nitrogens with two attached hydrogens (primary N) is 1. The van der Waals surface area contributed by atoms with Gasteiger partial charge in [0, 0.05) is 44.7 Å². The minimum atomic E-state index is -1.67. The lowest BCUT2D eigenvalue weighted by Gasteiger charge is -2.55. The molecule has 320 valence electrons. The number of esters is 4. The smallest absolute Gasteiger partial charge is 0.407 e. The SMILES string of the molecule is CC(C)(C)OC(=O)NCCC1(N)CN2CCN(C1)C(CC(=O)OCc1ccccc1)([C@H](CCC(=O)OCc1ccccc1)C(=O)OC(C)(C)C)[C@H]2C(=O)OC(C)(C)C. The molecular formula is C44H64N4O10. The van der Waals surface area contributed by atoms with Gasteiger partial charge in [-0.05, 0) is 86.3 Å². The van der Waals surface area contributed by atoms with Gasteiger partial charge in [0.1, 0.15) is 36.1 Å². The predicted octanol–water partition coefficient (Wildman–Crippen LogP) is 5.29. The quantitative estimate of drug-likeness (QED) is 0.176. The fourth-order valence-electron chi connectivity index (χ4n) is 7.68. The normalized spacial score (nSPS) is 23.8. The summed E-state index contributed by atoms with van der Waals surface area (Å²) in [6.07, 6.45) is -1.12. The number of carbonyl (C=O) groups is 5. The lowest BCUT2D eigenvalue weighted by Crippen LogP contribution is -2.74. The molecule has 3 N–H and O–H groups in total. The van der Waals surface area contributed by atoms with Crippen molar-refractivity contribution in [2.75, 3.05) is 32.7 Å². The molecule has 2 aromatic carbocycles. The molecule has 3 aliphatic rings. The molecule has 2 bridgehead atoms. The molecule has 58 heavy (non-hydrogen) atoms. The van der Waals surface area contributed by atoms with Gasteiger partial charge in [-0.15, -0.1) is 0 Å². The van der Waals surface area contributed by atoms with Crippen LogP contribution in [0, 0.1) is 5.92 Å². The van der Waals surface area contributed by atoms with Crippen molar-refractivity contribution in [2.45, 2.75) is 135 Å². The number of benzene rings is 2. The maximum atomic E-state index is 14.8. The van der Waals surface area contributed by atoms with Crippen molar-refractivity contribution in [3.63, 3.8) is 0 Å². The summed E-state index contributed by atoms with van der Waals surface area (Å²) in [5, 5.41) is 2.79. The van der Waals surface area contributed by atoms with E-state index < -0.39 is 76.2 Å². The molecule has 3 saturated heterocycles. The minimum Gasteiger partial charge on any atom is -0.461 e. The Kier molecular flexibility index (Phi) is 15.1. The van der Waals surface area contributed by atoms with Gasteiger partial charge < -0.3 is 34.7 Å². The van der Waals surface area contributed by atoms with E-state index in [1.165, 1.54) is 0 Å². The summed E-state index contributed by atoms with van der Waals surface area (Å²) in [7, 11) is 0. The zero-order valence-electron chi connectivity index (χ0n) is 35.8. The number of ether oxygens (including phenoxy) is 5. The van der Waals surface area contributed by atoms with Crippen LogP contribution in [-0.4, -0.2) is 106 Å². The topological polar surface area (TPSA) is 176 Å². The molecule has 0 aromatic heterocycles. The van der Waals surface area contributed by atoms with Gasteiger partial charge in [-0.1, -0.05) is 60.7 Å². The Balaban J connectivity index is 1.81. The molecule has 14 nitrogen and oxygen atoms in total. The third-order valence-corrected chi connectivity index (χ3v) is 9.87. The molecule has 5 rings (SSSR count). The van der Waals surface area contributed by atoms with Crippen LogP contribution >= 0.6 is 0 Å². The van der Waals surface area contributed by atoms with Crippen molar-refractivity contribution in [3.8, 4) is 0 Å². The molecule has 2 aromatic rings. The van der Waals surface area contributed by atoms with Crippen LogP contribution in [0.15, 0.2) is 60.7 Å². The van der Waals surface area contributed by atoms with Crippen LogP contribution < -0.4 is 11.1 Å². The number of alkyl carbamates (subject to hydrolysis) is 1. The van der Waals surface area contributed by atoms with E-state index >= 15 is 0 Å². The standard InChI is InChI=1S/C44H64N4O10/c1-40(2,3)56-37(51)33(20-21-34(49)54-27-31-16-12-10-13-17-31)44(26-35(50)55-28-32-18-14-11-15-19-32)36(38(52)57-41(4,5)6)47-24-25-48(44)30-43(45,29-47)22-23-46-39(53)58-42(7,8)9/h10-19,33,36H,20-30,45H2,1-9H3,(H,46,53)/t33-,36-,43?,44?/m1/s1. The summed E-state index contributed by atoms with van der Waals surface area (Å²) in [5.41, 5.74) is 3.43. The molecule has 3 heterocycles. The summed E-state index contributed by atoms with van der Waals surface area (Å²) in [4.78, 5) is 73.7. The molecule has 0 aliphatic carbocycles. The average Bonchev–Trinajstić information content (AvgIpc) is 3.32. The molecule has 0 saturated carbocycles. The summed E-state index contributed by atoms with van der Waals surface area (Å²) < 4.78 is 29.1. The van der Waals surface area contributed by atoms with Crippen molar-refractivity contribution >= 4 is 30.0 Å². The van der Waals surface area contributed by atoms with E-state index in [-0.39, 0.29) is 52.1 Å². The zero-order chi connectivity index (χ0) is 42.9. The fourth-order valence-corrected chi connectivity index (χ4v) is 7.68. The van der Waals surface area contributed by atoms with E-state index in [2.05, 4.69) is 5.32 Å². The molecule has 14 heteroatoms. The van der Waals surface area contributed by atoms with Crippen LogP contribution in [0.2, 0.25) is 0 Å². The van der Waals surface area contributed by atoms with Gasteiger partial charge in [-0.2, -0.15) is 0 Å². The highest BCUT2D eigenvalue weighted by atomic mass is 16.6. The highest BCUT2D eigenvalue weighted by molar-refractivity contribution is 5.85. The number of piperazine rings is 1. The Labute approximate surface area is 343 Å². The number of nitrogens with zero attached hydrogens (tertiary/aromatic N) is 2. The number of fused-ring (bicyclic) bond motifs is 4. The third-order valence-electron chi connectivity index (χ3n) is 9.87. The number of nitrogens with one attached hydrogen (secondary N) is 1. The lowest BCUT2D eigenvalue weighted by atomic mass is 9.69. The monoisotopic (exact) mass is 808 g/mol. The molecule has 0 spiro atoms. The highest BCUT2D eigenvalue weighted by Gasteiger charge is 2.64. The third kappa shape index (κ3) is 13.5. The summed E-state index contributed by atoms with van der Waals surface area (Å²) in [6, 6.07) is 17.2. The van der Waals surface area contributed by atoms with Crippen LogP contribution in [-0.2, 0) is 56.1 Å². The van der Waals surface area contributed by atoms with Gasteiger partial charge in [0.15, 0.2) is 0 Å². The van der Waals surface area contributed by atoms with E-state index in [1.54, 1.807) is 62.3 Å². The molecule has 0 radical (unpaired) electrons. The second-order valence-electron chi connectivity index (χ2n) is 18.5. The number of rotatable bonds is 15. The van der Waals surface area contributed by atoms with Gasteiger partial charge in [0.05, 0.1) is 17.9 Å². The van der Waals surface area contributed by atoms with Crippen LogP contribution in [0.25, 0.3) is 0 Å². The number of hydrogen-bond donors (Lipinski definition) is 2. The molecule has 4 unspecified atom stereocenters. The number of hydrogen-bond acceptors (Lipinski definition) is 13. The molecular weight excluding hydrogens is 745 g/mol. The van der Waals surface area contributed by atoms with E-state index in [9.17, 15) is 24.0 Å². The van der Waals surface area contributed by atoms with E-state index in [0.717, 1.165) is 11.1 Å². The van der Waals surface area contributed by atoms with Gasteiger partial charge in [-0.3, -0.25) is 29.0 Å². The van der Waals surface area contributed by atoms with Crippen molar-refractivity contribution in [3.05, 3.63) is 71.8 Å². The van der Waals surface area contributed by atoms with Crippen molar-refractivity contribution in [2.24, 2.45) is 11.7 Å². The first-order valence-electron chi connectivity index (χ1n) is 20.1. The van der Waals surface area contributed by atoms with E-state index in [4.69, 9.17) is 29.4 Å². The minimum absolute atomic E-state index is 0.0290. The maximum absolute atomic E-state index is 14.8. The largest absolute Gasteiger partial charge is 0.461 e. The van der Waals surface area contributed by atoms with Crippen LogP contribution in [0.5, 0.6) is 0 Å². The van der Waals surface area contributed by atoms with Crippen molar-refractivity contribution in [1.82, 2.24) is 15.1 Å². The van der Waals surface area contributed by atoms with Crippen LogP contribution in [0.1, 0.15) is 99.1 Å². The summed E-state index contributed by atoms with van der Waals surface area (Å²) >= 11 is 0. The second kappa shape index (κ2) is 19.0. The van der Waals surface area contributed by atoms with Crippen LogP contribution in [0.3, 0.4) is 0 Å². The predicted molar refractivity (Wildman–Crippen MR) is 217 cm³/mol. The second-order valence-corrected chi connectivity index (χ2v) is 18.5. The van der Waals surface area contributed by atoms with Gasteiger partial charge >= 0.3 is 30.0 Å². The van der Waals surface area contributed by atoms with Gasteiger partial charge in [-0.25, -0.2) is 4.79 Å². The van der Waals surface area contributed by atoms with E-state index in [1.807, 2.05) is 70.5 Å². The Morgan fingerprint density at radius 2 is 1.28 bits per heavy atom. The first-order valence-corrected chi connectivity index (χ1v) is 20.1. The Morgan fingerprint density at radius 3 is 1.81 bits per heavy atom. The number of carbonyl (C=O) groups excluding carboxylic acids is 5. The maximum Gasteiger partial charge on any atom is 0.407 e. The van der Waals surface area contributed by atoms with E-state index in [0.29, 0.717) is 13.1 Å². The first kappa shape index (κ1) is 46.2. The Hall–Kier alpha value is -4.53. The average molecular weight is 809 g/mol.